The second kappa shape index (κ2) is 7.60. The molecule has 0 aliphatic carbocycles. The highest BCUT2D eigenvalue weighted by molar-refractivity contribution is 6.29. The number of rotatable bonds is 7. The lowest BCUT2D eigenvalue weighted by Crippen LogP contribution is -2.01. The van der Waals surface area contributed by atoms with Gasteiger partial charge >= 0.3 is 5.97 Å². The third kappa shape index (κ3) is 6.15. The number of unbranched alkanes of at least 4 members (excludes halogenated alkanes) is 1. The predicted octanol–water partition coefficient (Wildman–Crippen LogP) is 2.56. The van der Waals surface area contributed by atoms with E-state index in [0.717, 1.165) is 18.6 Å². The van der Waals surface area contributed by atoms with Gasteiger partial charge < -0.3 is 5.11 Å². The first kappa shape index (κ1) is 14.4. The third-order valence-electron chi connectivity index (χ3n) is 2.17. The van der Waals surface area contributed by atoms with Crippen LogP contribution in [0.3, 0.4) is 0 Å². The van der Waals surface area contributed by atoms with Gasteiger partial charge in [-0.3, -0.25) is 10.2 Å². The molecule has 0 unspecified atom stereocenters. The minimum atomic E-state index is -0.765. The number of hydrogen-bond donors (Lipinski definition) is 2. The zero-order chi connectivity index (χ0) is 13.4. The van der Waals surface area contributed by atoms with Gasteiger partial charge in [0.15, 0.2) is 11.0 Å². The Morgan fingerprint density at radius 1 is 1.39 bits per heavy atom. The Bertz CT molecular complexity index is 420. The molecule has 0 saturated carbocycles. The van der Waals surface area contributed by atoms with Crippen LogP contribution in [0.25, 0.3) is 0 Å². The predicted molar refractivity (Wildman–Crippen MR) is 69.9 cm³/mol. The highest BCUT2D eigenvalue weighted by atomic mass is 35.5. The molecule has 1 rings (SSSR count). The van der Waals surface area contributed by atoms with Crippen LogP contribution < -0.4 is 5.43 Å². The van der Waals surface area contributed by atoms with Gasteiger partial charge in [0.25, 0.3) is 0 Å². The highest BCUT2D eigenvalue weighted by Crippen LogP contribution is 2.06. The lowest BCUT2D eigenvalue weighted by atomic mass is 10.1. The maximum Gasteiger partial charge on any atom is 0.303 e. The topological polar surface area (TPSA) is 87.5 Å². The van der Waals surface area contributed by atoms with Crippen LogP contribution in [0.4, 0.5) is 5.82 Å². The van der Waals surface area contributed by atoms with Crippen LogP contribution in [0.1, 0.15) is 32.6 Å². The SMILES string of the molecule is C/C(CCCCC(=O)O)=N\Nc1ccc(Cl)nn1. The maximum atomic E-state index is 10.3. The molecule has 0 atom stereocenters. The van der Waals surface area contributed by atoms with Crippen molar-refractivity contribution in [3.63, 3.8) is 0 Å². The average molecular weight is 271 g/mol. The third-order valence-corrected chi connectivity index (χ3v) is 2.37. The van der Waals surface area contributed by atoms with Crippen molar-refractivity contribution in [3.8, 4) is 0 Å². The minimum Gasteiger partial charge on any atom is -0.481 e. The fourth-order valence-corrected chi connectivity index (χ4v) is 1.34. The van der Waals surface area contributed by atoms with Crippen LogP contribution >= 0.6 is 11.6 Å². The normalized spacial score (nSPS) is 11.3. The van der Waals surface area contributed by atoms with Crippen LogP contribution in [0.5, 0.6) is 0 Å². The van der Waals surface area contributed by atoms with Gasteiger partial charge in [-0.05, 0) is 38.3 Å². The summed E-state index contributed by atoms with van der Waals surface area (Å²) >= 11 is 5.60. The summed E-state index contributed by atoms with van der Waals surface area (Å²) in [5.41, 5.74) is 3.65. The van der Waals surface area contributed by atoms with Crippen molar-refractivity contribution >= 4 is 29.1 Å². The van der Waals surface area contributed by atoms with Gasteiger partial charge in [0.2, 0.25) is 0 Å². The molecule has 0 aliphatic heterocycles. The number of nitrogens with one attached hydrogen (secondary N) is 1. The van der Waals surface area contributed by atoms with E-state index in [1.54, 1.807) is 12.1 Å². The Labute approximate surface area is 110 Å². The van der Waals surface area contributed by atoms with E-state index in [2.05, 4.69) is 20.7 Å². The number of nitrogens with zero attached hydrogens (tertiary/aromatic N) is 3. The molecule has 1 aromatic heterocycles. The number of carboxylic acids is 1. The Morgan fingerprint density at radius 3 is 2.72 bits per heavy atom. The fourth-order valence-electron chi connectivity index (χ4n) is 1.24. The lowest BCUT2D eigenvalue weighted by Gasteiger charge is -2.01. The van der Waals surface area contributed by atoms with Crippen molar-refractivity contribution < 1.29 is 9.90 Å². The van der Waals surface area contributed by atoms with Gasteiger partial charge in [-0.1, -0.05) is 11.6 Å². The molecule has 18 heavy (non-hydrogen) atoms. The Morgan fingerprint density at radius 2 is 2.11 bits per heavy atom. The van der Waals surface area contributed by atoms with Crippen LogP contribution in [-0.4, -0.2) is 27.0 Å². The molecule has 0 aliphatic rings. The summed E-state index contributed by atoms with van der Waals surface area (Å²) < 4.78 is 0. The van der Waals surface area contributed by atoms with Gasteiger partial charge in [0, 0.05) is 12.1 Å². The molecule has 0 spiro atoms. The van der Waals surface area contributed by atoms with Crippen molar-refractivity contribution in [2.24, 2.45) is 5.10 Å². The van der Waals surface area contributed by atoms with Crippen molar-refractivity contribution in [1.29, 1.82) is 0 Å². The molecule has 0 amide bonds. The number of hydrogen-bond acceptors (Lipinski definition) is 5. The van der Waals surface area contributed by atoms with Gasteiger partial charge in [0.05, 0.1) is 0 Å². The Kier molecular flexibility index (Phi) is 6.07. The van der Waals surface area contributed by atoms with E-state index in [1.807, 2.05) is 6.92 Å². The van der Waals surface area contributed by atoms with Crippen molar-refractivity contribution in [2.45, 2.75) is 32.6 Å². The second-order valence-corrected chi connectivity index (χ2v) is 4.19. The van der Waals surface area contributed by atoms with Crippen LogP contribution in [0.15, 0.2) is 17.2 Å². The standard InChI is InChI=1S/C11H15ClN4O2/c1-8(4-2-3-5-11(17)18)13-15-10-7-6-9(12)14-16-10/h6-7H,2-5H2,1H3,(H,15,16)(H,17,18)/b13-8+. The summed E-state index contributed by atoms with van der Waals surface area (Å²) in [5, 5.41) is 20.4. The number of hydrazone groups is 1. The number of aliphatic carboxylic acids is 1. The number of carboxylic acid groups (broad SMARTS) is 1. The van der Waals surface area contributed by atoms with E-state index in [0.29, 0.717) is 17.4 Å². The molecule has 0 bridgehead atoms. The molecule has 0 saturated heterocycles. The first-order valence-corrected chi connectivity index (χ1v) is 5.96. The smallest absolute Gasteiger partial charge is 0.303 e. The number of anilines is 1. The summed E-state index contributed by atoms with van der Waals surface area (Å²) in [6.07, 6.45) is 2.41. The van der Waals surface area contributed by atoms with E-state index >= 15 is 0 Å². The number of halogens is 1. The van der Waals surface area contributed by atoms with E-state index in [-0.39, 0.29) is 6.42 Å². The molecule has 0 fully saturated rings. The molecule has 0 aromatic carbocycles. The molecule has 98 valence electrons. The molecular formula is C11H15ClN4O2. The Balaban J connectivity index is 2.28. The minimum absolute atomic E-state index is 0.198. The van der Waals surface area contributed by atoms with Crippen LogP contribution in [0, 0.1) is 0 Å². The van der Waals surface area contributed by atoms with Gasteiger partial charge in [0.1, 0.15) is 0 Å². The highest BCUT2D eigenvalue weighted by Gasteiger charge is 1.98. The first-order chi connectivity index (χ1) is 8.58. The Hall–Kier alpha value is -1.69. The molecule has 1 heterocycles. The van der Waals surface area contributed by atoms with E-state index in [9.17, 15) is 4.79 Å². The molecule has 7 heteroatoms. The lowest BCUT2D eigenvalue weighted by molar-refractivity contribution is -0.137. The van der Waals surface area contributed by atoms with E-state index in [1.165, 1.54) is 0 Å². The van der Waals surface area contributed by atoms with Crippen molar-refractivity contribution in [3.05, 3.63) is 17.3 Å². The van der Waals surface area contributed by atoms with Gasteiger partial charge in [-0.2, -0.15) is 5.10 Å². The summed E-state index contributed by atoms with van der Waals surface area (Å²) in [5.74, 6) is -0.247. The largest absolute Gasteiger partial charge is 0.481 e. The zero-order valence-corrected chi connectivity index (χ0v) is 10.8. The number of aromatic nitrogens is 2. The van der Waals surface area contributed by atoms with Gasteiger partial charge in [-0.25, -0.2) is 0 Å². The van der Waals surface area contributed by atoms with E-state index < -0.39 is 5.97 Å². The average Bonchev–Trinajstić information content (AvgIpc) is 2.34. The summed E-state index contributed by atoms with van der Waals surface area (Å²) in [6.45, 7) is 1.87. The van der Waals surface area contributed by atoms with Crippen LogP contribution in [-0.2, 0) is 4.79 Å². The first-order valence-electron chi connectivity index (χ1n) is 5.58. The summed E-state index contributed by atoms with van der Waals surface area (Å²) in [7, 11) is 0. The monoisotopic (exact) mass is 270 g/mol. The maximum absolute atomic E-state index is 10.3. The molecule has 2 N–H and O–H groups in total. The molecule has 0 radical (unpaired) electrons. The summed E-state index contributed by atoms with van der Waals surface area (Å²) in [6, 6.07) is 3.30. The van der Waals surface area contributed by atoms with Gasteiger partial charge in [-0.15, -0.1) is 10.2 Å². The quantitative estimate of drug-likeness (QED) is 0.452. The second-order valence-electron chi connectivity index (χ2n) is 3.80. The van der Waals surface area contributed by atoms with E-state index in [4.69, 9.17) is 16.7 Å². The summed E-state index contributed by atoms with van der Waals surface area (Å²) in [4.78, 5) is 10.3. The fraction of sp³-hybridized carbons (Fsp3) is 0.455. The molecular weight excluding hydrogens is 256 g/mol. The van der Waals surface area contributed by atoms with Crippen LogP contribution in [0.2, 0.25) is 5.15 Å². The molecule has 1 aromatic rings. The van der Waals surface area contributed by atoms with Crippen molar-refractivity contribution in [2.75, 3.05) is 5.43 Å². The molecule has 6 nitrogen and oxygen atoms in total. The zero-order valence-electron chi connectivity index (χ0n) is 10.1. The van der Waals surface area contributed by atoms with Crippen molar-refractivity contribution in [1.82, 2.24) is 10.2 Å². The number of carbonyl (C=O) groups is 1.